The summed E-state index contributed by atoms with van der Waals surface area (Å²) in [5.41, 5.74) is 2.42. The van der Waals surface area contributed by atoms with Gasteiger partial charge in [-0.15, -0.1) is 10.2 Å². The van der Waals surface area contributed by atoms with Gasteiger partial charge in [0.2, 0.25) is 11.1 Å². The first kappa shape index (κ1) is 19.2. The molecule has 2 heterocycles. The molecule has 0 unspecified atom stereocenters. The number of fused-ring (bicyclic) bond motifs is 3. The fourth-order valence-electron chi connectivity index (χ4n) is 2.83. The number of carbonyl (C=O) groups is 1. The van der Waals surface area contributed by atoms with Gasteiger partial charge in [0.15, 0.2) is 5.65 Å². The molecule has 0 spiro atoms. The molecule has 0 aliphatic rings. The van der Waals surface area contributed by atoms with E-state index in [4.69, 9.17) is 0 Å². The fourth-order valence-corrected chi connectivity index (χ4v) is 3.42. The van der Waals surface area contributed by atoms with Crippen molar-refractivity contribution < 1.29 is 18.0 Å². The Morgan fingerprint density at radius 3 is 2.79 bits per heavy atom. The van der Waals surface area contributed by atoms with Crippen molar-refractivity contribution in [2.45, 2.75) is 18.3 Å². The smallest absolute Gasteiger partial charge is 0.338 e. The molecule has 0 aliphatic heterocycles. The highest BCUT2D eigenvalue weighted by atomic mass is 32.2. The van der Waals surface area contributed by atoms with E-state index in [1.54, 1.807) is 0 Å². The van der Waals surface area contributed by atoms with Crippen LogP contribution in [0.4, 0.5) is 18.9 Å². The van der Waals surface area contributed by atoms with Gasteiger partial charge in [-0.05, 0) is 37.3 Å². The van der Waals surface area contributed by atoms with Crippen molar-refractivity contribution >= 4 is 45.4 Å². The monoisotopic (exact) mass is 417 g/mol. The van der Waals surface area contributed by atoms with Crippen molar-refractivity contribution in [3.63, 3.8) is 0 Å². The van der Waals surface area contributed by atoms with E-state index in [-0.39, 0.29) is 11.4 Å². The lowest BCUT2D eigenvalue weighted by Crippen LogP contribution is -2.15. The third kappa shape index (κ3) is 4.16. The molecule has 2 aromatic heterocycles. The van der Waals surface area contributed by atoms with Crippen molar-refractivity contribution in [3.05, 3.63) is 53.6 Å². The van der Waals surface area contributed by atoms with Gasteiger partial charge in [0.05, 0.1) is 11.3 Å². The standard InChI is InChI=1S/C19H14F3N5OS/c1-10-5-6-14-13(7-10)16-17(24-14)25-18(27-26-16)29-9-15(28)23-12-4-2-3-11(8-12)19(20,21)22/h2-8H,9H2,1H3,(H,23,28)(H,24,25,27). The zero-order valence-electron chi connectivity index (χ0n) is 15.0. The van der Waals surface area contributed by atoms with Crippen LogP contribution in [-0.2, 0) is 11.0 Å². The summed E-state index contributed by atoms with van der Waals surface area (Å²) in [6, 6.07) is 10.4. The van der Waals surface area contributed by atoms with Crippen molar-refractivity contribution in [1.29, 1.82) is 0 Å². The predicted octanol–water partition coefficient (Wildman–Crippen LogP) is 4.56. The van der Waals surface area contributed by atoms with E-state index in [1.165, 1.54) is 12.1 Å². The SMILES string of the molecule is Cc1ccc2[nH]c3nc(SCC(=O)Nc4cccc(C(F)(F)F)c4)nnc3c2c1. The molecule has 29 heavy (non-hydrogen) atoms. The van der Waals surface area contributed by atoms with Gasteiger partial charge in [-0.1, -0.05) is 29.5 Å². The van der Waals surface area contributed by atoms with Crippen LogP contribution in [0.15, 0.2) is 47.6 Å². The van der Waals surface area contributed by atoms with Crippen LogP contribution in [0.5, 0.6) is 0 Å². The van der Waals surface area contributed by atoms with Crippen molar-refractivity contribution in [2.75, 3.05) is 11.1 Å². The number of amides is 1. The molecule has 0 fully saturated rings. The third-order valence-electron chi connectivity index (χ3n) is 4.16. The summed E-state index contributed by atoms with van der Waals surface area (Å²) >= 11 is 1.05. The summed E-state index contributed by atoms with van der Waals surface area (Å²) in [6.45, 7) is 1.98. The number of aromatic amines is 1. The summed E-state index contributed by atoms with van der Waals surface area (Å²) in [7, 11) is 0. The second-order valence-electron chi connectivity index (χ2n) is 6.38. The molecule has 4 aromatic rings. The van der Waals surface area contributed by atoms with Gasteiger partial charge in [0.25, 0.3) is 0 Å². The zero-order chi connectivity index (χ0) is 20.6. The number of hydrogen-bond acceptors (Lipinski definition) is 5. The molecule has 0 bridgehead atoms. The summed E-state index contributed by atoms with van der Waals surface area (Å²) < 4.78 is 38.3. The number of carbonyl (C=O) groups excluding carboxylic acids is 1. The Hall–Kier alpha value is -3.14. The van der Waals surface area contributed by atoms with Crippen molar-refractivity contribution in [2.24, 2.45) is 0 Å². The quantitative estimate of drug-likeness (QED) is 0.476. The van der Waals surface area contributed by atoms with Crippen LogP contribution in [0.2, 0.25) is 0 Å². The maximum atomic E-state index is 12.8. The van der Waals surface area contributed by atoms with Crippen LogP contribution in [0.3, 0.4) is 0 Å². The number of hydrogen-bond donors (Lipinski definition) is 2. The second kappa shape index (κ2) is 7.36. The minimum Gasteiger partial charge on any atom is -0.338 e. The third-order valence-corrected chi connectivity index (χ3v) is 4.99. The van der Waals surface area contributed by atoms with Crippen LogP contribution in [-0.4, -0.2) is 31.8 Å². The van der Waals surface area contributed by atoms with E-state index in [9.17, 15) is 18.0 Å². The Kier molecular flexibility index (Phi) is 4.87. The number of aryl methyl sites for hydroxylation is 1. The fraction of sp³-hybridized carbons (Fsp3) is 0.158. The Bertz CT molecular complexity index is 1220. The summed E-state index contributed by atoms with van der Waals surface area (Å²) in [5.74, 6) is -0.534. The molecular formula is C19H14F3N5OS. The summed E-state index contributed by atoms with van der Waals surface area (Å²) in [5, 5.41) is 11.9. The average molecular weight is 417 g/mol. The zero-order valence-corrected chi connectivity index (χ0v) is 15.9. The van der Waals surface area contributed by atoms with Gasteiger partial charge in [0.1, 0.15) is 5.52 Å². The molecule has 6 nitrogen and oxygen atoms in total. The highest BCUT2D eigenvalue weighted by molar-refractivity contribution is 7.99. The van der Waals surface area contributed by atoms with Gasteiger partial charge in [-0.3, -0.25) is 4.79 Å². The molecule has 1 amide bonds. The van der Waals surface area contributed by atoms with Gasteiger partial charge in [-0.2, -0.15) is 13.2 Å². The molecular weight excluding hydrogens is 403 g/mol. The number of anilines is 1. The van der Waals surface area contributed by atoms with Crippen LogP contribution < -0.4 is 5.32 Å². The Morgan fingerprint density at radius 2 is 2.00 bits per heavy atom. The van der Waals surface area contributed by atoms with E-state index < -0.39 is 17.6 Å². The highest BCUT2D eigenvalue weighted by Crippen LogP contribution is 2.30. The number of halogens is 3. The molecule has 0 atom stereocenters. The van der Waals surface area contributed by atoms with Crippen molar-refractivity contribution in [1.82, 2.24) is 20.2 Å². The highest BCUT2D eigenvalue weighted by Gasteiger charge is 2.30. The van der Waals surface area contributed by atoms with Gasteiger partial charge < -0.3 is 10.3 Å². The Morgan fingerprint density at radius 1 is 1.17 bits per heavy atom. The van der Waals surface area contributed by atoms with Crippen LogP contribution in [0, 0.1) is 6.92 Å². The molecule has 10 heteroatoms. The molecule has 148 valence electrons. The van der Waals surface area contributed by atoms with Crippen LogP contribution in [0.25, 0.3) is 22.1 Å². The molecule has 2 N–H and O–H groups in total. The van der Waals surface area contributed by atoms with E-state index >= 15 is 0 Å². The number of nitrogens with one attached hydrogen (secondary N) is 2. The molecule has 2 aromatic carbocycles. The first-order chi connectivity index (χ1) is 13.8. The summed E-state index contributed by atoms with van der Waals surface area (Å²) in [4.78, 5) is 19.6. The van der Waals surface area contributed by atoms with Crippen molar-refractivity contribution in [3.8, 4) is 0 Å². The molecule has 0 saturated carbocycles. The van der Waals surface area contributed by atoms with Gasteiger partial charge >= 0.3 is 6.18 Å². The van der Waals surface area contributed by atoms with E-state index in [1.807, 2.05) is 25.1 Å². The average Bonchev–Trinajstić information content (AvgIpc) is 3.03. The van der Waals surface area contributed by atoms with E-state index in [0.29, 0.717) is 16.3 Å². The maximum Gasteiger partial charge on any atom is 0.416 e. The number of H-pyrrole nitrogens is 1. The maximum absolute atomic E-state index is 12.8. The van der Waals surface area contributed by atoms with E-state index in [2.05, 4.69) is 25.5 Å². The van der Waals surface area contributed by atoms with Gasteiger partial charge in [0, 0.05) is 16.6 Å². The largest absolute Gasteiger partial charge is 0.416 e. The molecule has 0 radical (unpaired) electrons. The number of nitrogens with zero attached hydrogens (tertiary/aromatic N) is 3. The van der Waals surface area contributed by atoms with Crippen LogP contribution >= 0.6 is 11.8 Å². The number of thioether (sulfide) groups is 1. The minimum atomic E-state index is -4.47. The predicted molar refractivity (Wildman–Crippen MR) is 105 cm³/mol. The van der Waals surface area contributed by atoms with E-state index in [0.717, 1.165) is 40.4 Å². The lowest BCUT2D eigenvalue weighted by molar-refractivity contribution is -0.137. The number of aromatic nitrogens is 4. The molecule has 0 saturated heterocycles. The molecule has 4 rings (SSSR count). The number of rotatable bonds is 4. The lowest BCUT2D eigenvalue weighted by Gasteiger charge is -2.09. The number of alkyl halides is 3. The summed E-state index contributed by atoms with van der Waals surface area (Å²) in [6.07, 6.45) is -4.47. The Balaban J connectivity index is 1.45. The minimum absolute atomic E-state index is 0.0667. The van der Waals surface area contributed by atoms with Gasteiger partial charge in [-0.25, -0.2) is 4.98 Å². The lowest BCUT2D eigenvalue weighted by atomic mass is 10.2. The number of benzene rings is 2. The Labute approximate surface area is 166 Å². The normalized spacial score (nSPS) is 11.9. The van der Waals surface area contributed by atoms with Crippen LogP contribution in [0.1, 0.15) is 11.1 Å². The second-order valence-corrected chi connectivity index (χ2v) is 7.32. The topological polar surface area (TPSA) is 83.6 Å². The first-order valence-corrected chi connectivity index (χ1v) is 9.51. The molecule has 0 aliphatic carbocycles. The first-order valence-electron chi connectivity index (χ1n) is 8.52.